The summed E-state index contributed by atoms with van der Waals surface area (Å²) in [7, 11) is 1.69. The van der Waals surface area contributed by atoms with Crippen molar-refractivity contribution in [1.29, 1.82) is 0 Å². The molecule has 5 nitrogen and oxygen atoms in total. The van der Waals surface area contributed by atoms with Gasteiger partial charge in [0.15, 0.2) is 0 Å². The van der Waals surface area contributed by atoms with Crippen molar-refractivity contribution < 1.29 is 14.3 Å². The van der Waals surface area contributed by atoms with Crippen LogP contribution < -0.4 is 5.32 Å². The van der Waals surface area contributed by atoms with Crippen LogP contribution in [0.4, 0.5) is 5.69 Å². The number of nitrogens with zero attached hydrogens (tertiary/aromatic N) is 1. The molecule has 1 aromatic rings. The Morgan fingerprint density at radius 2 is 2.11 bits per heavy atom. The maximum atomic E-state index is 11.8. The van der Waals surface area contributed by atoms with Gasteiger partial charge in [-0.05, 0) is 32.2 Å². The molecule has 1 aromatic carbocycles. The Balaban J connectivity index is 2.40. The minimum Gasteiger partial charge on any atom is -0.465 e. The number of amides is 1. The zero-order valence-electron chi connectivity index (χ0n) is 11.0. The van der Waals surface area contributed by atoms with E-state index in [1.54, 1.807) is 24.9 Å². The number of benzene rings is 1. The Kier molecular flexibility index (Phi) is 6.52. The first-order valence-electron chi connectivity index (χ1n) is 5.91. The Morgan fingerprint density at radius 1 is 1.37 bits per heavy atom. The molecule has 0 radical (unpaired) electrons. The highest BCUT2D eigenvalue weighted by molar-refractivity contribution is 9.10. The van der Waals surface area contributed by atoms with E-state index in [2.05, 4.69) is 21.2 Å². The number of carbonyl (C=O) groups excluding carboxylic acids is 2. The largest absolute Gasteiger partial charge is 0.465 e. The first kappa shape index (κ1) is 15.7. The molecule has 0 aliphatic carbocycles. The van der Waals surface area contributed by atoms with Crippen LogP contribution in [0.1, 0.15) is 6.92 Å². The van der Waals surface area contributed by atoms with Crippen LogP contribution in [0.5, 0.6) is 0 Å². The Hall–Kier alpha value is -1.40. The number of carbonyl (C=O) groups is 2. The lowest BCUT2D eigenvalue weighted by Gasteiger charge is -2.15. The van der Waals surface area contributed by atoms with E-state index >= 15 is 0 Å². The van der Waals surface area contributed by atoms with Gasteiger partial charge >= 0.3 is 5.97 Å². The van der Waals surface area contributed by atoms with Gasteiger partial charge in [0.25, 0.3) is 0 Å². The number of nitrogens with one attached hydrogen (secondary N) is 1. The second-order valence-corrected chi connectivity index (χ2v) is 4.95. The fraction of sp³-hybridized carbons (Fsp3) is 0.385. The number of hydrogen-bond acceptors (Lipinski definition) is 4. The van der Waals surface area contributed by atoms with E-state index in [9.17, 15) is 9.59 Å². The van der Waals surface area contributed by atoms with E-state index < -0.39 is 0 Å². The molecule has 104 valence electrons. The standard InChI is InChI=1S/C13H17BrN2O3/c1-3-19-13(18)9-16(2)8-12(17)15-11-6-4-5-10(14)7-11/h4-7H,3,8-9H2,1-2H3,(H,15,17). The summed E-state index contributed by atoms with van der Waals surface area (Å²) in [4.78, 5) is 24.6. The topological polar surface area (TPSA) is 58.6 Å². The first-order chi connectivity index (χ1) is 9.01. The molecular formula is C13H17BrN2O3. The lowest BCUT2D eigenvalue weighted by Crippen LogP contribution is -2.34. The van der Waals surface area contributed by atoms with Gasteiger partial charge in [0.05, 0.1) is 19.7 Å². The summed E-state index contributed by atoms with van der Waals surface area (Å²) in [5.41, 5.74) is 0.712. The number of esters is 1. The zero-order valence-corrected chi connectivity index (χ0v) is 12.6. The maximum Gasteiger partial charge on any atom is 0.320 e. The third kappa shape index (κ3) is 6.35. The smallest absolute Gasteiger partial charge is 0.320 e. The summed E-state index contributed by atoms with van der Waals surface area (Å²) in [5, 5.41) is 2.76. The van der Waals surface area contributed by atoms with Crippen LogP contribution in [0.2, 0.25) is 0 Å². The molecule has 0 aromatic heterocycles. The molecule has 0 spiro atoms. The highest BCUT2D eigenvalue weighted by Gasteiger charge is 2.11. The van der Waals surface area contributed by atoms with E-state index in [0.717, 1.165) is 4.47 Å². The van der Waals surface area contributed by atoms with Crippen molar-refractivity contribution in [3.05, 3.63) is 28.7 Å². The maximum absolute atomic E-state index is 11.8. The Bertz CT molecular complexity index is 451. The highest BCUT2D eigenvalue weighted by Crippen LogP contribution is 2.15. The highest BCUT2D eigenvalue weighted by atomic mass is 79.9. The number of likely N-dealkylation sites (N-methyl/N-ethyl adjacent to an activating group) is 1. The van der Waals surface area contributed by atoms with Crippen molar-refractivity contribution in [2.24, 2.45) is 0 Å². The molecule has 0 heterocycles. The van der Waals surface area contributed by atoms with Crippen molar-refractivity contribution in [3.8, 4) is 0 Å². The van der Waals surface area contributed by atoms with Crippen LogP contribution in [0, 0.1) is 0 Å². The molecule has 0 unspecified atom stereocenters. The third-order valence-electron chi connectivity index (χ3n) is 2.23. The molecule has 6 heteroatoms. The first-order valence-corrected chi connectivity index (χ1v) is 6.70. The van der Waals surface area contributed by atoms with Crippen LogP contribution in [0.25, 0.3) is 0 Å². The van der Waals surface area contributed by atoms with Gasteiger partial charge in [-0.15, -0.1) is 0 Å². The molecule has 0 bridgehead atoms. The molecule has 0 aliphatic rings. The molecule has 19 heavy (non-hydrogen) atoms. The summed E-state index contributed by atoms with van der Waals surface area (Å²) in [6.07, 6.45) is 0. The summed E-state index contributed by atoms with van der Waals surface area (Å²) >= 11 is 3.33. The summed E-state index contributed by atoms with van der Waals surface area (Å²) in [5.74, 6) is -0.509. The predicted octanol–water partition coefficient (Wildman–Crippen LogP) is 1.88. The van der Waals surface area contributed by atoms with Gasteiger partial charge in [-0.25, -0.2) is 0 Å². The molecule has 0 aliphatic heterocycles. The van der Waals surface area contributed by atoms with Crippen LogP contribution in [0.3, 0.4) is 0 Å². The van der Waals surface area contributed by atoms with E-state index in [1.165, 1.54) is 0 Å². The van der Waals surface area contributed by atoms with Gasteiger partial charge in [0.1, 0.15) is 0 Å². The number of halogens is 1. The number of rotatable bonds is 6. The lowest BCUT2D eigenvalue weighted by atomic mass is 10.3. The zero-order chi connectivity index (χ0) is 14.3. The third-order valence-corrected chi connectivity index (χ3v) is 2.72. The van der Waals surface area contributed by atoms with Crippen molar-refractivity contribution in [3.63, 3.8) is 0 Å². The van der Waals surface area contributed by atoms with E-state index in [1.807, 2.05) is 18.2 Å². The molecule has 1 rings (SSSR count). The van der Waals surface area contributed by atoms with Gasteiger partial charge in [-0.3, -0.25) is 14.5 Å². The van der Waals surface area contributed by atoms with Crippen LogP contribution >= 0.6 is 15.9 Å². The number of hydrogen-bond donors (Lipinski definition) is 1. The SMILES string of the molecule is CCOC(=O)CN(C)CC(=O)Nc1cccc(Br)c1. The van der Waals surface area contributed by atoms with Crippen molar-refractivity contribution in [2.75, 3.05) is 32.1 Å². The average molecular weight is 329 g/mol. The second-order valence-electron chi connectivity index (χ2n) is 4.04. The van der Waals surface area contributed by atoms with E-state index in [4.69, 9.17) is 4.74 Å². The molecule has 0 saturated heterocycles. The van der Waals surface area contributed by atoms with Gasteiger partial charge in [0.2, 0.25) is 5.91 Å². The van der Waals surface area contributed by atoms with Gasteiger partial charge in [-0.1, -0.05) is 22.0 Å². The normalized spacial score (nSPS) is 10.3. The summed E-state index contributed by atoms with van der Waals surface area (Å²) in [6, 6.07) is 7.32. The molecule has 0 saturated carbocycles. The lowest BCUT2D eigenvalue weighted by molar-refractivity contribution is -0.144. The van der Waals surface area contributed by atoms with Gasteiger partial charge in [-0.2, -0.15) is 0 Å². The Labute approximate surface area is 121 Å². The van der Waals surface area contributed by atoms with Crippen molar-refractivity contribution in [1.82, 2.24) is 4.90 Å². The molecule has 1 N–H and O–H groups in total. The molecule has 0 fully saturated rings. The predicted molar refractivity (Wildman–Crippen MR) is 76.9 cm³/mol. The summed E-state index contributed by atoms with van der Waals surface area (Å²) in [6.45, 7) is 2.32. The number of anilines is 1. The van der Waals surface area contributed by atoms with Gasteiger partial charge < -0.3 is 10.1 Å². The fourth-order valence-corrected chi connectivity index (χ4v) is 1.89. The van der Waals surface area contributed by atoms with Crippen molar-refractivity contribution >= 4 is 33.5 Å². The molecule has 0 atom stereocenters. The summed E-state index contributed by atoms with van der Waals surface area (Å²) < 4.78 is 5.70. The average Bonchev–Trinajstić information content (AvgIpc) is 2.28. The van der Waals surface area contributed by atoms with E-state index in [0.29, 0.717) is 12.3 Å². The minimum atomic E-state index is -0.333. The van der Waals surface area contributed by atoms with Crippen LogP contribution in [-0.4, -0.2) is 43.5 Å². The number of ether oxygens (including phenoxy) is 1. The van der Waals surface area contributed by atoms with Gasteiger partial charge in [0, 0.05) is 10.2 Å². The molecular weight excluding hydrogens is 312 g/mol. The fourth-order valence-electron chi connectivity index (χ4n) is 1.49. The second kappa shape index (κ2) is 7.91. The van der Waals surface area contributed by atoms with E-state index in [-0.39, 0.29) is 25.0 Å². The monoisotopic (exact) mass is 328 g/mol. The van der Waals surface area contributed by atoms with Crippen molar-refractivity contribution in [2.45, 2.75) is 6.92 Å². The quantitative estimate of drug-likeness (QED) is 0.810. The molecule has 1 amide bonds. The van der Waals surface area contributed by atoms with Crippen LogP contribution in [0.15, 0.2) is 28.7 Å². The van der Waals surface area contributed by atoms with Crippen LogP contribution in [-0.2, 0) is 14.3 Å². The minimum absolute atomic E-state index is 0.0970. The Morgan fingerprint density at radius 3 is 2.74 bits per heavy atom.